The van der Waals surface area contributed by atoms with Gasteiger partial charge in [-0.05, 0) is 106 Å². The van der Waals surface area contributed by atoms with Gasteiger partial charge >= 0.3 is 0 Å². The summed E-state index contributed by atoms with van der Waals surface area (Å²) >= 11 is 0. The van der Waals surface area contributed by atoms with Gasteiger partial charge in [-0.1, -0.05) is 61.3 Å². The first kappa shape index (κ1) is 27.5. The minimum atomic E-state index is -0.516. The largest absolute Gasteiger partial charge is 0.485 e. The monoisotopic (exact) mass is 543 g/mol. The van der Waals surface area contributed by atoms with Crippen molar-refractivity contribution in [2.45, 2.75) is 102 Å². The van der Waals surface area contributed by atoms with Crippen molar-refractivity contribution < 1.29 is 14.4 Å². The Hall–Kier alpha value is -2.70. The summed E-state index contributed by atoms with van der Waals surface area (Å²) in [6.07, 6.45) is 12.6. The van der Waals surface area contributed by atoms with Gasteiger partial charge in [-0.2, -0.15) is 4.98 Å². The third-order valence-corrected chi connectivity index (χ3v) is 9.87. The van der Waals surface area contributed by atoms with Crippen LogP contribution in [-0.2, 0) is 31.3 Å². The molecule has 1 saturated heterocycles. The molecule has 6 nitrogen and oxygen atoms in total. The molecule has 0 spiro atoms. The summed E-state index contributed by atoms with van der Waals surface area (Å²) in [6, 6.07) is 17.6. The number of aliphatic hydroxyl groups is 1. The van der Waals surface area contributed by atoms with E-state index >= 15 is 0 Å². The van der Waals surface area contributed by atoms with Crippen LogP contribution in [0.5, 0.6) is 5.75 Å². The number of aryl methyl sites for hydroxylation is 1. The van der Waals surface area contributed by atoms with Gasteiger partial charge in [-0.15, -0.1) is 0 Å². The Labute approximate surface area is 239 Å². The van der Waals surface area contributed by atoms with E-state index in [2.05, 4.69) is 70.5 Å². The minimum Gasteiger partial charge on any atom is -0.485 e. The van der Waals surface area contributed by atoms with Gasteiger partial charge in [0.25, 0.3) is 0 Å². The van der Waals surface area contributed by atoms with E-state index in [0.717, 1.165) is 70.1 Å². The number of likely N-dealkylation sites (tertiary alicyclic amines) is 1. The highest BCUT2D eigenvalue weighted by atomic mass is 16.5. The third kappa shape index (κ3) is 5.99. The lowest BCUT2D eigenvalue weighted by Crippen LogP contribution is -2.51. The summed E-state index contributed by atoms with van der Waals surface area (Å²) in [5, 5.41) is 15.6. The fourth-order valence-corrected chi connectivity index (χ4v) is 7.85. The van der Waals surface area contributed by atoms with Crippen LogP contribution in [0.2, 0.25) is 0 Å². The molecule has 3 aromatic rings. The second-order valence-corrected chi connectivity index (χ2v) is 12.6. The SMILES string of the molecule is CCC[C@@]1(O)CC[C@@]2(Cc3ccccc3)c3ccc(OCc4noc(CCN5CCCCC5)n4)cc3CC[C@@H]2C1. The second-order valence-electron chi connectivity index (χ2n) is 12.6. The maximum Gasteiger partial charge on any atom is 0.228 e. The molecule has 3 aliphatic rings. The average molecular weight is 544 g/mol. The van der Waals surface area contributed by atoms with Gasteiger partial charge in [0.2, 0.25) is 11.7 Å². The predicted molar refractivity (Wildman–Crippen MR) is 156 cm³/mol. The van der Waals surface area contributed by atoms with E-state index in [0.29, 0.717) is 24.2 Å². The molecule has 2 fully saturated rings. The van der Waals surface area contributed by atoms with Crippen molar-refractivity contribution in [1.29, 1.82) is 0 Å². The highest BCUT2D eigenvalue weighted by Gasteiger charge is 2.51. The third-order valence-electron chi connectivity index (χ3n) is 9.87. The Morgan fingerprint density at radius 2 is 1.93 bits per heavy atom. The second kappa shape index (κ2) is 12.0. The zero-order valence-electron chi connectivity index (χ0n) is 24.1. The normalized spacial score (nSPS) is 26.7. The Kier molecular flexibility index (Phi) is 8.27. The van der Waals surface area contributed by atoms with Crippen LogP contribution in [0.3, 0.4) is 0 Å². The smallest absolute Gasteiger partial charge is 0.228 e. The van der Waals surface area contributed by atoms with Crippen LogP contribution >= 0.6 is 0 Å². The predicted octanol–water partition coefficient (Wildman–Crippen LogP) is 6.44. The van der Waals surface area contributed by atoms with Gasteiger partial charge in [0.1, 0.15) is 5.75 Å². The molecule has 2 aliphatic carbocycles. The Morgan fingerprint density at radius 1 is 1.07 bits per heavy atom. The van der Waals surface area contributed by atoms with Crippen LogP contribution in [0.15, 0.2) is 53.1 Å². The quantitative estimate of drug-likeness (QED) is 0.318. The number of benzene rings is 2. The summed E-state index contributed by atoms with van der Waals surface area (Å²) in [4.78, 5) is 7.07. The maximum absolute atomic E-state index is 11.4. The van der Waals surface area contributed by atoms with Gasteiger partial charge in [0.05, 0.1) is 5.60 Å². The lowest BCUT2D eigenvalue weighted by atomic mass is 9.52. The number of piperidine rings is 1. The molecule has 0 bridgehead atoms. The van der Waals surface area contributed by atoms with Crippen LogP contribution in [0, 0.1) is 5.92 Å². The van der Waals surface area contributed by atoms with E-state index in [1.807, 2.05) is 0 Å². The molecule has 3 atom stereocenters. The topological polar surface area (TPSA) is 71.6 Å². The summed E-state index contributed by atoms with van der Waals surface area (Å²) in [6.45, 7) is 5.83. The lowest BCUT2D eigenvalue weighted by Gasteiger charge is -2.53. The molecule has 2 aromatic carbocycles. The number of ether oxygens (including phenoxy) is 1. The minimum absolute atomic E-state index is 0.0599. The molecule has 0 unspecified atom stereocenters. The number of hydrogen-bond acceptors (Lipinski definition) is 6. The van der Waals surface area contributed by atoms with Crippen molar-refractivity contribution >= 4 is 0 Å². The lowest BCUT2D eigenvalue weighted by molar-refractivity contribution is -0.0565. The molecule has 1 saturated carbocycles. The molecule has 0 radical (unpaired) electrons. The molecule has 6 heteroatoms. The number of hydrogen-bond donors (Lipinski definition) is 1. The molecule has 6 rings (SSSR count). The Bertz CT molecular complexity index is 1250. The number of rotatable bonds is 10. The van der Waals surface area contributed by atoms with E-state index in [9.17, 15) is 5.11 Å². The van der Waals surface area contributed by atoms with Crippen molar-refractivity contribution in [2.75, 3.05) is 19.6 Å². The van der Waals surface area contributed by atoms with Crippen molar-refractivity contribution in [2.24, 2.45) is 5.92 Å². The first-order valence-corrected chi connectivity index (χ1v) is 15.6. The van der Waals surface area contributed by atoms with Gasteiger partial charge in [0.15, 0.2) is 6.61 Å². The molecule has 0 amide bonds. The molecular formula is C34H45N3O3. The molecule has 40 heavy (non-hydrogen) atoms. The van der Waals surface area contributed by atoms with Crippen molar-refractivity contribution in [3.05, 3.63) is 76.9 Å². The number of nitrogens with zero attached hydrogens (tertiary/aromatic N) is 3. The number of fused-ring (bicyclic) bond motifs is 3. The standard InChI is InChI=1S/C34H45N3O3/c1-2-16-33(38)17-18-34(23-26-9-5-3-6-10-26)28(24-33)12-11-27-22-29(13-14-30(27)34)39-25-31-35-32(40-36-31)15-21-37-19-7-4-8-20-37/h3,5-6,9-10,13-14,22,28,38H,2,4,7-8,11-12,15-21,23-25H2,1H3/t28-,33-,34+/m1/s1. The average Bonchev–Trinajstić information content (AvgIpc) is 3.44. The van der Waals surface area contributed by atoms with E-state index in [-0.39, 0.29) is 5.41 Å². The first-order valence-electron chi connectivity index (χ1n) is 15.6. The summed E-state index contributed by atoms with van der Waals surface area (Å²) in [5.41, 5.74) is 3.77. The zero-order valence-corrected chi connectivity index (χ0v) is 24.1. The van der Waals surface area contributed by atoms with Crippen LogP contribution in [0.1, 0.15) is 93.1 Å². The Morgan fingerprint density at radius 3 is 2.75 bits per heavy atom. The molecular weight excluding hydrogens is 498 g/mol. The van der Waals surface area contributed by atoms with Gasteiger partial charge in [-0.3, -0.25) is 0 Å². The van der Waals surface area contributed by atoms with E-state index < -0.39 is 5.60 Å². The zero-order chi connectivity index (χ0) is 27.4. The molecule has 2 heterocycles. The summed E-state index contributed by atoms with van der Waals surface area (Å²) < 4.78 is 11.7. The highest BCUT2D eigenvalue weighted by molar-refractivity contribution is 5.45. The van der Waals surface area contributed by atoms with E-state index in [4.69, 9.17) is 9.26 Å². The van der Waals surface area contributed by atoms with Crippen LogP contribution in [0.4, 0.5) is 0 Å². The van der Waals surface area contributed by atoms with Gasteiger partial charge in [0, 0.05) is 18.4 Å². The van der Waals surface area contributed by atoms with Crippen LogP contribution < -0.4 is 4.74 Å². The van der Waals surface area contributed by atoms with Crippen molar-refractivity contribution in [3.8, 4) is 5.75 Å². The van der Waals surface area contributed by atoms with E-state index in [1.54, 1.807) is 0 Å². The summed E-state index contributed by atoms with van der Waals surface area (Å²) in [7, 11) is 0. The Balaban J connectivity index is 1.15. The fraction of sp³-hybridized carbons (Fsp3) is 0.588. The molecule has 1 N–H and O–H groups in total. The number of aromatic nitrogens is 2. The van der Waals surface area contributed by atoms with Crippen LogP contribution in [-0.4, -0.2) is 45.4 Å². The fourth-order valence-electron chi connectivity index (χ4n) is 7.85. The van der Waals surface area contributed by atoms with Crippen molar-refractivity contribution in [1.82, 2.24) is 15.0 Å². The maximum atomic E-state index is 11.4. The van der Waals surface area contributed by atoms with Gasteiger partial charge in [-0.25, -0.2) is 0 Å². The first-order chi connectivity index (χ1) is 19.6. The van der Waals surface area contributed by atoms with E-state index in [1.165, 1.54) is 49.0 Å². The van der Waals surface area contributed by atoms with Gasteiger partial charge < -0.3 is 19.3 Å². The highest BCUT2D eigenvalue weighted by Crippen LogP contribution is 2.55. The summed E-state index contributed by atoms with van der Waals surface area (Å²) in [5.74, 6) is 2.66. The van der Waals surface area contributed by atoms with Crippen LogP contribution in [0.25, 0.3) is 0 Å². The van der Waals surface area contributed by atoms with Crippen molar-refractivity contribution in [3.63, 3.8) is 0 Å². The molecule has 1 aromatic heterocycles. The molecule has 214 valence electrons. The molecule has 1 aliphatic heterocycles.